The third-order valence-electron chi connectivity index (χ3n) is 3.59. The van der Waals surface area contributed by atoms with Crippen molar-refractivity contribution in [3.8, 4) is 11.5 Å². The number of nitrogens with one attached hydrogen (secondary N) is 1. The van der Waals surface area contributed by atoms with Gasteiger partial charge in [-0.3, -0.25) is 4.98 Å². The molecule has 0 bridgehead atoms. The zero-order chi connectivity index (χ0) is 17.5. The third kappa shape index (κ3) is 4.93. The van der Waals surface area contributed by atoms with Gasteiger partial charge in [0.15, 0.2) is 11.6 Å². The van der Waals surface area contributed by atoms with Gasteiger partial charge in [-0.1, -0.05) is 22.0 Å². The molecule has 1 aromatic carbocycles. The van der Waals surface area contributed by atoms with E-state index in [0.717, 1.165) is 28.6 Å². The second-order valence-corrected chi connectivity index (χ2v) is 6.36. The predicted molar refractivity (Wildman–Crippen MR) is 101 cm³/mol. The smallest absolute Gasteiger partial charge is 0.173 e. The average Bonchev–Trinajstić information content (AvgIpc) is 2.61. The SMILES string of the molecule is Oc1cnccc1CCCOc1cccnc1Nc1cccc(Br)c1. The molecule has 6 heteroatoms. The number of pyridine rings is 2. The Morgan fingerprint density at radius 1 is 1.12 bits per heavy atom. The van der Waals surface area contributed by atoms with Gasteiger partial charge >= 0.3 is 0 Å². The third-order valence-corrected chi connectivity index (χ3v) is 4.09. The van der Waals surface area contributed by atoms with Crippen LogP contribution in [0, 0.1) is 0 Å². The number of nitrogens with zero attached hydrogens (tertiary/aromatic N) is 2. The highest BCUT2D eigenvalue weighted by atomic mass is 79.9. The standard InChI is InChI=1S/C19H18BrN3O2/c20-15-5-1-6-16(12-15)23-19-18(7-2-9-22-19)25-11-3-4-14-8-10-21-13-17(14)24/h1-2,5-10,12-13,24H,3-4,11H2,(H,22,23). The van der Waals surface area contributed by atoms with Gasteiger partial charge in [-0.2, -0.15) is 0 Å². The summed E-state index contributed by atoms with van der Waals surface area (Å²) < 4.78 is 6.86. The van der Waals surface area contributed by atoms with E-state index in [4.69, 9.17) is 4.74 Å². The van der Waals surface area contributed by atoms with Crippen molar-refractivity contribution in [1.82, 2.24) is 9.97 Å². The molecule has 5 nitrogen and oxygen atoms in total. The molecule has 128 valence electrons. The summed E-state index contributed by atoms with van der Waals surface area (Å²) in [6.07, 6.45) is 6.36. The van der Waals surface area contributed by atoms with Gasteiger partial charge in [0, 0.05) is 22.6 Å². The van der Waals surface area contributed by atoms with E-state index in [1.54, 1.807) is 12.4 Å². The first kappa shape index (κ1) is 17.2. The number of halogens is 1. The largest absolute Gasteiger partial charge is 0.506 e. The van der Waals surface area contributed by atoms with Gasteiger partial charge in [-0.25, -0.2) is 4.98 Å². The lowest BCUT2D eigenvalue weighted by Crippen LogP contribution is -2.03. The molecule has 0 spiro atoms. The van der Waals surface area contributed by atoms with Gasteiger partial charge in [0.1, 0.15) is 5.75 Å². The van der Waals surface area contributed by atoms with Gasteiger partial charge in [0.2, 0.25) is 0 Å². The molecular weight excluding hydrogens is 382 g/mol. The molecule has 0 amide bonds. The summed E-state index contributed by atoms with van der Waals surface area (Å²) >= 11 is 3.46. The molecule has 2 heterocycles. The fourth-order valence-corrected chi connectivity index (χ4v) is 2.77. The maximum Gasteiger partial charge on any atom is 0.173 e. The fraction of sp³-hybridized carbons (Fsp3) is 0.158. The molecule has 0 aliphatic heterocycles. The van der Waals surface area contributed by atoms with Crippen LogP contribution in [0.15, 0.2) is 65.5 Å². The zero-order valence-corrected chi connectivity index (χ0v) is 15.1. The summed E-state index contributed by atoms with van der Waals surface area (Å²) in [6.45, 7) is 0.528. The highest BCUT2D eigenvalue weighted by Crippen LogP contribution is 2.26. The van der Waals surface area contributed by atoms with Crippen LogP contribution in [0.3, 0.4) is 0 Å². The number of anilines is 2. The Kier molecular flexibility index (Phi) is 5.85. The van der Waals surface area contributed by atoms with Crippen LogP contribution < -0.4 is 10.1 Å². The Bertz CT molecular complexity index is 842. The second kappa shape index (κ2) is 8.48. The Morgan fingerprint density at radius 3 is 2.88 bits per heavy atom. The number of aromatic nitrogens is 2. The topological polar surface area (TPSA) is 67.3 Å². The number of ether oxygens (including phenoxy) is 1. The lowest BCUT2D eigenvalue weighted by Gasteiger charge is -2.12. The molecule has 3 rings (SSSR count). The lowest BCUT2D eigenvalue weighted by atomic mass is 10.1. The average molecular weight is 400 g/mol. The van der Waals surface area contributed by atoms with Gasteiger partial charge < -0.3 is 15.2 Å². The summed E-state index contributed by atoms with van der Waals surface area (Å²) in [7, 11) is 0. The number of aryl methyl sites for hydroxylation is 1. The highest BCUT2D eigenvalue weighted by Gasteiger charge is 2.06. The minimum Gasteiger partial charge on any atom is -0.506 e. The van der Waals surface area contributed by atoms with Crippen LogP contribution in [-0.2, 0) is 6.42 Å². The molecular formula is C19H18BrN3O2. The normalized spacial score (nSPS) is 10.4. The molecule has 0 radical (unpaired) electrons. The first-order valence-electron chi connectivity index (χ1n) is 7.94. The van der Waals surface area contributed by atoms with Gasteiger partial charge in [0.25, 0.3) is 0 Å². The Labute approximate surface area is 154 Å². The molecule has 0 unspecified atom stereocenters. The minimum atomic E-state index is 0.223. The van der Waals surface area contributed by atoms with Crippen molar-refractivity contribution in [1.29, 1.82) is 0 Å². The molecule has 0 fully saturated rings. The molecule has 0 atom stereocenters. The molecule has 25 heavy (non-hydrogen) atoms. The van der Waals surface area contributed by atoms with Crippen molar-refractivity contribution < 1.29 is 9.84 Å². The van der Waals surface area contributed by atoms with Crippen LogP contribution in [0.4, 0.5) is 11.5 Å². The van der Waals surface area contributed by atoms with E-state index in [0.29, 0.717) is 18.2 Å². The molecule has 0 saturated carbocycles. The van der Waals surface area contributed by atoms with Crippen molar-refractivity contribution in [2.24, 2.45) is 0 Å². The van der Waals surface area contributed by atoms with E-state index in [1.165, 1.54) is 6.20 Å². The Hall–Kier alpha value is -2.60. The van der Waals surface area contributed by atoms with E-state index in [1.807, 2.05) is 42.5 Å². The van der Waals surface area contributed by atoms with Gasteiger partial charge in [-0.05, 0) is 54.8 Å². The van der Waals surface area contributed by atoms with Crippen molar-refractivity contribution >= 4 is 27.4 Å². The number of rotatable bonds is 7. The number of hydrogen-bond acceptors (Lipinski definition) is 5. The zero-order valence-electron chi connectivity index (χ0n) is 13.5. The summed E-state index contributed by atoms with van der Waals surface area (Å²) in [4.78, 5) is 8.23. The van der Waals surface area contributed by atoms with Crippen LogP contribution in [-0.4, -0.2) is 21.7 Å². The van der Waals surface area contributed by atoms with Crippen LogP contribution >= 0.6 is 15.9 Å². The van der Waals surface area contributed by atoms with Crippen LogP contribution in [0.5, 0.6) is 11.5 Å². The van der Waals surface area contributed by atoms with Crippen molar-refractivity contribution in [3.63, 3.8) is 0 Å². The molecule has 0 saturated heterocycles. The first-order chi connectivity index (χ1) is 12.2. The van der Waals surface area contributed by atoms with Gasteiger partial charge in [0.05, 0.1) is 12.8 Å². The number of aromatic hydroxyl groups is 1. The quantitative estimate of drug-likeness (QED) is 0.563. The van der Waals surface area contributed by atoms with Crippen LogP contribution in [0.25, 0.3) is 0 Å². The maximum atomic E-state index is 9.73. The van der Waals surface area contributed by atoms with E-state index in [2.05, 4.69) is 31.2 Å². The fourth-order valence-electron chi connectivity index (χ4n) is 2.37. The highest BCUT2D eigenvalue weighted by molar-refractivity contribution is 9.10. The summed E-state index contributed by atoms with van der Waals surface area (Å²) in [5.41, 5.74) is 1.80. The monoisotopic (exact) mass is 399 g/mol. The predicted octanol–water partition coefficient (Wildman–Crippen LogP) is 4.70. The molecule has 3 aromatic rings. The number of hydrogen-bond donors (Lipinski definition) is 2. The summed E-state index contributed by atoms with van der Waals surface area (Å²) in [5, 5.41) is 13.0. The summed E-state index contributed by atoms with van der Waals surface area (Å²) in [6, 6.07) is 13.4. The molecule has 2 aromatic heterocycles. The second-order valence-electron chi connectivity index (χ2n) is 5.44. The summed E-state index contributed by atoms with van der Waals surface area (Å²) in [5.74, 6) is 1.59. The lowest BCUT2D eigenvalue weighted by molar-refractivity contribution is 0.311. The van der Waals surface area contributed by atoms with E-state index < -0.39 is 0 Å². The maximum absolute atomic E-state index is 9.73. The van der Waals surface area contributed by atoms with Crippen LogP contribution in [0.2, 0.25) is 0 Å². The van der Waals surface area contributed by atoms with Crippen molar-refractivity contribution in [2.75, 3.05) is 11.9 Å². The Balaban J connectivity index is 1.58. The van der Waals surface area contributed by atoms with Crippen molar-refractivity contribution in [3.05, 3.63) is 71.1 Å². The van der Waals surface area contributed by atoms with E-state index in [-0.39, 0.29) is 5.75 Å². The van der Waals surface area contributed by atoms with E-state index >= 15 is 0 Å². The molecule has 0 aliphatic rings. The minimum absolute atomic E-state index is 0.223. The van der Waals surface area contributed by atoms with Gasteiger partial charge in [-0.15, -0.1) is 0 Å². The molecule has 0 aliphatic carbocycles. The van der Waals surface area contributed by atoms with Crippen molar-refractivity contribution in [2.45, 2.75) is 12.8 Å². The first-order valence-corrected chi connectivity index (χ1v) is 8.74. The van der Waals surface area contributed by atoms with E-state index in [9.17, 15) is 5.11 Å². The molecule has 2 N–H and O–H groups in total. The Morgan fingerprint density at radius 2 is 2.04 bits per heavy atom. The number of benzene rings is 1. The van der Waals surface area contributed by atoms with Crippen LogP contribution in [0.1, 0.15) is 12.0 Å².